The maximum atomic E-state index is 12.9. The van der Waals surface area contributed by atoms with Gasteiger partial charge < -0.3 is 9.29 Å². The van der Waals surface area contributed by atoms with Crippen LogP contribution >= 0.6 is 15.9 Å². The topological polar surface area (TPSA) is 96.3 Å². The van der Waals surface area contributed by atoms with E-state index >= 15 is 0 Å². The predicted octanol–water partition coefficient (Wildman–Crippen LogP) is 2.11. The van der Waals surface area contributed by atoms with Crippen molar-refractivity contribution in [3.8, 4) is 5.75 Å². The molecule has 2 rings (SSSR count). The summed E-state index contributed by atoms with van der Waals surface area (Å²) >= 11 is 3.14. The number of rotatable bonds is 2. The van der Waals surface area contributed by atoms with Gasteiger partial charge in [-0.05, 0) is 47.8 Å². The van der Waals surface area contributed by atoms with E-state index in [1.54, 1.807) is 26.0 Å². The molecule has 0 amide bonds. The number of pyridine rings is 1. The highest BCUT2D eigenvalue weighted by molar-refractivity contribution is 9.10. The standard InChI is InChI=1S/C9H12O3S.C6H7BrFN2O/c1-6-4-7(2)9(8(3)5-6)13(10,11)12;1-11-5-2-4(7)3-10(9)6(5)8/h4-5H,1-3H3,(H,10,11,12);2-3H,9H2,1H3/q;+1/p-1. The highest BCUT2D eigenvalue weighted by Gasteiger charge is 2.15. The molecule has 0 saturated heterocycles. The van der Waals surface area contributed by atoms with Gasteiger partial charge in [0.15, 0.2) is 0 Å². The van der Waals surface area contributed by atoms with Crippen molar-refractivity contribution in [2.45, 2.75) is 25.7 Å². The molecule has 24 heavy (non-hydrogen) atoms. The van der Waals surface area contributed by atoms with Gasteiger partial charge in [-0.2, -0.15) is 0 Å². The number of hydrogen-bond donors (Lipinski definition) is 1. The average Bonchev–Trinajstić information content (AvgIpc) is 2.40. The summed E-state index contributed by atoms with van der Waals surface area (Å²) in [4.78, 5) is -0.0851. The van der Waals surface area contributed by atoms with E-state index in [0.29, 0.717) is 15.6 Å². The number of nitrogens with two attached hydrogens (primary N) is 1. The zero-order valence-electron chi connectivity index (χ0n) is 13.6. The number of aromatic nitrogens is 1. The first kappa shape index (κ1) is 20.3. The Bertz CT molecular complexity index is 834. The number of hydrogen-bond acceptors (Lipinski definition) is 5. The summed E-state index contributed by atoms with van der Waals surface area (Å²) in [5.41, 5.74) is 2.00. The van der Waals surface area contributed by atoms with Crippen LogP contribution in [0.4, 0.5) is 4.39 Å². The van der Waals surface area contributed by atoms with E-state index in [9.17, 15) is 17.4 Å². The Morgan fingerprint density at radius 2 is 1.71 bits per heavy atom. The van der Waals surface area contributed by atoms with Crippen LogP contribution in [0, 0.1) is 26.7 Å². The van der Waals surface area contributed by atoms with Gasteiger partial charge in [0.1, 0.15) is 10.1 Å². The second-order valence-electron chi connectivity index (χ2n) is 5.11. The molecule has 0 radical (unpaired) electrons. The van der Waals surface area contributed by atoms with Crippen molar-refractivity contribution in [2.75, 3.05) is 13.0 Å². The van der Waals surface area contributed by atoms with Crippen LogP contribution in [-0.2, 0) is 10.1 Å². The number of benzene rings is 1. The molecule has 0 atom stereocenters. The fraction of sp³-hybridized carbons (Fsp3) is 0.267. The minimum atomic E-state index is -4.33. The Morgan fingerprint density at radius 1 is 1.21 bits per heavy atom. The number of halogens is 2. The Labute approximate surface area is 148 Å². The Kier molecular flexibility index (Phi) is 6.70. The second kappa shape index (κ2) is 7.91. The minimum absolute atomic E-state index is 0.0851. The van der Waals surface area contributed by atoms with Gasteiger partial charge >= 0.3 is 5.95 Å². The molecule has 2 N–H and O–H groups in total. The van der Waals surface area contributed by atoms with Gasteiger partial charge in [-0.15, -0.1) is 4.39 Å². The number of nitrogen functional groups attached to an aromatic ring is 1. The van der Waals surface area contributed by atoms with E-state index in [2.05, 4.69) is 15.9 Å². The summed E-state index contributed by atoms with van der Waals surface area (Å²) < 4.78 is 51.6. The molecule has 0 fully saturated rings. The number of ether oxygens (including phenoxy) is 1. The lowest BCUT2D eigenvalue weighted by atomic mass is 10.1. The number of aryl methyl sites for hydroxylation is 3. The van der Waals surface area contributed by atoms with Crippen molar-refractivity contribution in [1.82, 2.24) is 0 Å². The van der Waals surface area contributed by atoms with Crippen LogP contribution in [0.2, 0.25) is 0 Å². The smallest absolute Gasteiger partial charge is 0.431 e. The van der Waals surface area contributed by atoms with E-state index in [-0.39, 0.29) is 10.6 Å². The van der Waals surface area contributed by atoms with Crippen LogP contribution < -0.4 is 15.3 Å². The number of nitrogens with zero attached hydrogens (tertiary/aromatic N) is 1. The SMILES string of the molecule is COc1cc(Br)c[n+](N)c1F.Cc1cc(C)c(S(=O)(=O)[O-])c(C)c1. The summed E-state index contributed by atoms with van der Waals surface area (Å²) in [6, 6.07) is 4.88. The summed E-state index contributed by atoms with van der Waals surface area (Å²) in [6.45, 7) is 5.12. The molecule has 0 aliphatic rings. The minimum Gasteiger partial charge on any atom is -0.744 e. The number of methoxy groups -OCH3 is 1. The van der Waals surface area contributed by atoms with Gasteiger partial charge in [-0.25, -0.2) is 14.3 Å². The summed E-state index contributed by atoms with van der Waals surface area (Å²) in [6.07, 6.45) is 1.40. The summed E-state index contributed by atoms with van der Waals surface area (Å²) in [5, 5.41) is 0. The normalized spacial score (nSPS) is 10.8. The molecule has 6 nitrogen and oxygen atoms in total. The van der Waals surface area contributed by atoms with Gasteiger partial charge in [0.05, 0.1) is 16.5 Å². The van der Waals surface area contributed by atoms with Crippen molar-refractivity contribution in [2.24, 2.45) is 0 Å². The summed E-state index contributed by atoms with van der Waals surface area (Å²) in [7, 11) is -2.95. The molecule has 2 aromatic rings. The molecule has 0 aliphatic carbocycles. The van der Waals surface area contributed by atoms with Crippen molar-refractivity contribution in [3.05, 3.63) is 51.5 Å². The molecule has 1 aromatic heterocycles. The van der Waals surface area contributed by atoms with Gasteiger partial charge in [0.2, 0.25) is 11.9 Å². The second-order valence-corrected chi connectivity index (χ2v) is 7.34. The van der Waals surface area contributed by atoms with Crippen molar-refractivity contribution >= 4 is 26.0 Å². The molecular weight excluding hydrogens is 403 g/mol. The molecule has 0 saturated carbocycles. The zero-order chi connectivity index (χ0) is 18.7. The van der Waals surface area contributed by atoms with Crippen molar-refractivity contribution < 1.29 is 26.8 Å². The predicted molar refractivity (Wildman–Crippen MR) is 89.6 cm³/mol. The van der Waals surface area contributed by atoms with Gasteiger partial charge in [-0.3, -0.25) is 0 Å². The lowest BCUT2D eigenvalue weighted by molar-refractivity contribution is -0.670. The van der Waals surface area contributed by atoms with Crippen LogP contribution in [0.1, 0.15) is 16.7 Å². The van der Waals surface area contributed by atoms with Crippen LogP contribution in [0.3, 0.4) is 0 Å². The molecule has 9 heteroatoms. The first-order valence-electron chi connectivity index (χ1n) is 6.71. The quantitative estimate of drug-likeness (QED) is 0.347. The van der Waals surface area contributed by atoms with Crippen LogP contribution in [0.25, 0.3) is 0 Å². The molecule has 0 aliphatic heterocycles. The summed E-state index contributed by atoms with van der Waals surface area (Å²) in [5.74, 6) is 4.74. The Morgan fingerprint density at radius 3 is 2.12 bits per heavy atom. The van der Waals surface area contributed by atoms with E-state index in [1.807, 2.05) is 6.92 Å². The maximum Gasteiger partial charge on any atom is 0.431 e. The van der Waals surface area contributed by atoms with Crippen LogP contribution in [0.15, 0.2) is 33.8 Å². The van der Waals surface area contributed by atoms with Gasteiger partial charge in [-0.1, -0.05) is 22.4 Å². The molecule has 1 aromatic carbocycles. The third kappa shape index (κ3) is 5.15. The lowest BCUT2D eigenvalue weighted by Crippen LogP contribution is -2.48. The Balaban J connectivity index is 0.000000243. The highest BCUT2D eigenvalue weighted by Crippen LogP contribution is 2.21. The van der Waals surface area contributed by atoms with E-state index < -0.39 is 16.1 Å². The van der Waals surface area contributed by atoms with Crippen molar-refractivity contribution in [3.63, 3.8) is 0 Å². The molecular formula is C15H18BrFN2O4S. The molecule has 0 spiro atoms. The first-order valence-corrected chi connectivity index (χ1v) is 8.91. The van der Waals surface area contributed by atoms with Gasteiger partial charge in [0, 0.05) is 6.07 Å². The van der Waals surface area contributed by atoms with Crippen LogP contribution in [-0.4, -0.2) is 20.1 Å². The molecule has 0 bridgehead atoms. The lowest BCUT2D eigenvalue weighted by Gasteiger charge is -2.14. The van der Waals surface area contributed by atoms with E-state index in [0.717, 1.165) is 10.2 Å². The third-order valence-electron chi connectivity index (χ3n) is 3.04. The van der Waals surface area contributed by atoms with Gasteiger partial charge in [0.25, 0.3) is 0 Å². The first-order chi connectivity index (χ1) is 11.0. The van der Waals surface area contributed by atoms with Crippen LogP contribution in [0.5, 0.6) is 5.75 Å². The maximum absolute atomic E-state index is 12.9. The average molecular weight is 421 g/mol. The Hall–Kier alpha value is -1.71. The fourth-order valence-corrected chi connectivity index (χ4v) is 3.58. The molecule has 0 unspecified atom stereocenters. The molecule has 132 valence electrons. The van der Waals surface area contributed by atoms with E-state index in [4.69, 9.17) is 10.6 Å². The highest BCUT2D eigenvalue weighted by atomic mass is 79.9. The molecule has 1 heterocycles. The zero-order valence-corrected chi connectivity index (χ0v) is 16.0. The fourth-order valence-electron chi connectivity index (χ4n) is 2.24. The third-order valence-corrected chi connectivity index (χ3v) is 4.61. The monoisotopic (exact) mass is 420 g/mol. The van der Waals surface area contributed by atoms with Crippen molar-refractivity contribution in [1.29, 1.82) is 0 Å². The largest absolute Gasteiger partial charge is 0.744 e. The van der Waals surface area contributed by atoms with E-state index in [1.165, 1.54) is 19.4 Å².